The van der Waals surface area contributed by atoms with Gasteiger partial charge in [-0.05, 0) is 31.2 Å². The number of carbonyl (C=O) groups is 3. The number of carbonyl (C=O) groups excluding carboxylic acids is 3. The minimum Gasteiger partial charge on any atom is -0.464 e. The lowest BCUT2D eigenvalue weighted by Crippen LogP contribution is -2.18. The van der Waals surface area contributed by atoms with Gasteiger partial charge in [-0.25, -0.2) is 14.6 Å². The summed E-state index contributed by atoms with van der Waals surface area (Å²) in [6, 6.07) is 10.9. The number of para-hydroxylation sites is 1. The summed E-state index contributed by atoms with van der Waals surface area (Å²) in [5, 5.41) is 2.60. The number of pyridine rings is 1. The second-order valence-electron chi connectivity index (χ2n) is 4.62. The van der Waals surface area contributed by atoms with E-state index < -0.39 is 17.8 Å². The Kier molecular flexibility index (Phi) is 5.62. The molecule has 0 radical (unpaired) electrons. The van der Waals surface area contributed by atoms with Crippen LogP contribution in [0.4, 0.5) is 5.69 Å². The van der Waals surface area contributed by atoms with E-state index in [0.717, 1.165) is 0 Å². The number of hydrogen-bond acceptors (Lipinski definition) is 6. The molecule has 0 unspecified atom stereocenters. The molecule has 2 rings (SSSR count). The van der Waals surface area contributed by atoms with Crippen molar-refractivity contribution in [2.75, 3.05) is 19.0 Å². The van der Waals surface area contributed by atoms with Crippen molar-refractivity contribution in [1.29, 1.82) is 0 Å². The van der Waals surface area contributed by atoms with Crippen LogP contribution in [0.25, 0.3) is 0 Å². The fourth-order valence-corrected chi connectivity index (χ4v) is 1.94. The van der Waals surface area contributed by atoms with Gasteiger partial charge in [0.15, 0.2) is 0 Å². The quantitative estimate of drug-likeness (QED) is 0.846. The third-order valence-electron chi connectivity index (χ3n) is 3.05. The first-order valence-electron chi connectivity index (χ1n) is 7.19. The fourth-order valence-electron chi connectivity index (χ4n) is 1.94. The Balaban J connectivity index is 2.25. The summed E-state index contributed by atoms with van der Waals surface area (Å²) in [6.45, 7) is 1.92. The molecule has 1 heterocycles. The largest absolute Gasteiger partial charge is 0.464 e. The number of benzene rings is 1. The van der Waals surface area contributed by atoms with Crippen molar-refractivity contribution in [3.8, 4) is 0 Å². The number of methoxy groups -OCH3 is 1. The molecule has 124 valence electrons. The molecule has 1 aromatic heterocycles. The predicted molar refractivity (Wildman–Crippen MR) is 85.9 cm³/mol. The van der Waals surface area contributed by atoms with Gasteiger partial charge in [0, 0.05) is 0 Å². The molecule has 24 heavy (non-hydrogen) atoms. The molecule has 0 aliphatic carbocycles. The van der Waals surface area contributed by atoms with E-state index in [1.807, 2.05) is 0 Å². The van der Waals surface area contributed by atoms with Crippen LogP contribution in [-0.4, -0.2) is 36.5 Å². The second-order valence-corrected chi connectivity index (χ2v) is 4.62. The maximum atomic E-state index is 12.3. The number of hydrogen-bond donors (Lipinski definition) is 1. The normalized spacial score (nSPS) is 9.92. The van der Waals surface area contributed by atoms with Gasteiger partial charge < -0.3 is 14.8 Å². The first-order chi connectivity index (χ1) is 11.6. The van der Waals surface area contributed by atoms with E-state index in [1.54, 1.807) is 31.2 Å². The highest BCUT2D eigenvalue weighted by atomic mass is 16.5. The van der Waals surface area contributed by atoms with Crippen molar-refractivity contribution in [3.05, 3.63) is 59.4 Å². The molecule has 7 nitrogen and oxygen atoms in total. The van der Waals surface area contributed by atoms with Gasteiger partial charge in [-0.2, -0.15) is 0 Å². The highest BCUT2D eigenvalue weighted by molar-refractivity contribution is 6.07. The zero-order valence-electron chi connectivity index (χ0n) is 13.2. The van der Waals surface area contributed by atoms with E-state index >= 15 is 0 Å². The summed E-state index contributed by atoms with van der Waals surface area (Å²) in [5.74, 6) is -1.74. The third kappa shape index (κ3) is 3.95. The van der Waals surface area contributed by atoms with Gasteiger partial charge in [-0.3, -0.25) is 4.79 Å². The van der Waals surface area contributed by atoms with E-state index in [-0.39, 0.29) is 23.6 Å². The van der Waals surface area contributed by atoms with Crippen LogP contribution in [0.15, 0.2) is 42.5 Å². The molecular weight excluding hydrogens is 312 g/mol. The molecule has 2 aromatic rings. The highest BCUT2D eigenvalue weighted by Crippen LogP contribution is 2.17. The van der Waals surface area contributed by atoms with Crippen molar-refractivity contribution in [3.63, 3.8) is 0 Å². The number of nitrogens with one attached hydrogen (secondary N) is 1. The third-order valence-corrected chi connectivity index (χ3v) is 3.05. The molecule has 1 amide bonds. The lowest BCUT2D eigenvalue weighted by molar-refractivity contribution is 0.0526. The maximum absolute atomic E-state index is 12.3. The molecule has 0 saturated heterocycles. The number of aromatic nitrogens is 1. The summed E-state index contributed by atoms with van der Waals surface area (Å²) in [5.41, 5.74) is 0.573. The van der Waals surface area contributed by atoms with Crippen LogP contribution in [0.1, 0.15) is 38.3 Å². The van der Waals surface area contributed by atoms with Crippen LogP contribution in [0.5, 0.6) is 0 Å². The smallest absolute Gasteiger partial charge is 0.356 e. The molecule has 1 N–H and O–H groups in total. The van der Waals surface area contributed by atoms with Crippen molar-refractivity contribution < 1.29 is 23.9 Å². The Labute approximate surface area is 138 Å². The SMILES string of the molecule is CCOC(=O)c1ccccc1NC(=O)c1cccc(C(=O)OC)n1. The zero-order chi connectivity index (χ0) is 17.5. The second kappa shape index (κ2) is 7.87. The van der Waals surface area contributed by atoms with E-state index in [1.165, 1.54) is 25.3 Å². The molecule has 0 atom stereocenters. The standard InChI is InChI=1S/C17H16N2O5/c1-3-24-16(21)11-7-4-5-8-12(11)19-15(20)13-9-6-10-14(18-13)17(22)23-2/h4-10H,3H2,1-2H3,(H,19,20). The summed E-state index contributed by atoms with van der Waals surface area (Å²) in [7, 11) is 1.23. The molecule has 0 saturated carbocycles. The Bertz CT molecular complexity index is 773. The molecule has 0 spiro atoms. The van der Waals surface area contributed by atoms with Gasteiger partial charge in [0.1, 0.15) is 11.4 Å². The van der Waals surface area contributed by atoms with E-state index in [9.17, 15) is 14.4 Å². The summed E-state index contributed by atoms with van der Waals surface area (Å²) < 4.78 is 9.53. The van der Waals surface area contributed by atoms with Gasteiger partial charge in [0.2, 0.25) is 0 Å². The monoisotopic (exact) mass is 328 g/mol. The summed E-state index contributed by atoms with van der Waals surface area (Å²) >= 11 is 0. The maximum Gasteiger partial charge on any atom is 0.356 e. The lowest BCUT2D eigenvalue weighted by atomic mass is 10.1. The van der Waals surface area contributed by atoms with Crippen molar-refractivity contribution in [2.45, 2.75) is 6.92 Å². The zero-order valence-corrected chi connectivity index (χ0v) is 13.2. The van der Waals surface area contributed by atoms with Gasteiger partial charge in [0.25, 0.3) is 5.91 Å². The lowest BCUT2D eigenvalue weighted by Gasteiger charge is -2.10. The Morgan fingerprint density at radius 2 is 1.71 bits per heavy atom. The number of anilines is 1. The van der Waals surface area contributed by atoms with E-state index in [4.69, 9.17) is 4.74 Å². The highest BCUT2D eigenvalue weighted by Gasteiger charge is 2.17. The molecule has 7 heteroatoms. The van der Waals surface area contributed by atoms with E-state index in [0.29, 0.717) is 5.69 Å². The topological polar surface area (TPSA) is 94.6 Å². The molecular formula is C17H16N2O5. The van der Waals surface area contributed by atoms with Crippen LogP contribution < -0.4 is 5.32 Å². The summed E-state index contributed by atoms with van der Waals surface area (Å²) in [6.07, 6.45) is 0. The molecule has 0 bridgehead atoms. The predicted octanol–water partition coefficient (Wildman–Crippen LogP) is 2.30. The first kappa shape index (κ1) is 17.1. The number of ether oxygens (including phenoxy) is 2. The Morgan fingerprint density at radius 3 is 2.42 bits per heavy atom. The molecule has 0 fully saturated rings. The Hall–Kier alpha value is -3.22. The van der Waals surface area contributed by atoms with Gasteiger partial charge in [-0.1, -0.05) is 18.2 Å². The van der Waals surface area contributed by atoms with Crippen LogP contribution in [0.2, 0.25) is 0 Å². The average Bonchev–Trinajstić information content (AvgIpc) is 2.61. The van der Waals surface area contributed by atoms with Crippen LogP contribution in [0, 0.1) is 0 Å². The summed E-state index contributed by atoms with van der Waals surface area (Å²) in [4.78, 5) is 39.7. The van der Waals surface area contributed by atoms with Crippen molar-refractivity contribution >= 4 is 23.5 Å². The van der Waals surface area contributed by atoms with Gasteiger partial charge in [-0.15, -0.1) is 0 Å². The van der Waals surface area contributed by atoms with Crippen molar-refractivity contribution in [2.24, 2.45) is 0 Å². The number of esters is 2. The number of nitrogens with zero attached hydrogens (tertiary/aromatic N) is 1. The Morgan fingerprint density at radius 1 is 1.00 bits per heavy atom. The van der Waals surface area contributed by atoms with Gasteiger partial charge in [0.05, 0.1) is 25.0 Å². The molecule has 0 aliphatic heterocycles. The average molecular weight is 328 g/mol. The van der Waals surface area contributed by atoms with Crippen LogP contribution in [-0.2, 0) is 9.47 Å². The number of rotatable bonds is 5. The minimum absolute atomic E-state index is 0.0174. The van der Waals surface area contributed by atoms with E-state index in [2.05, 4.69) is 15.0 Å². The molecule has 1 aromatic carbocycles. The minimum atomic E-state index is -0.642. The number of amides is 1. The molecule has 0 aliphatic rings. The fraction of sp³-hybridized carbons (Fsp3) is 0.176. The van der Waals surface area contributed by atoms with Crippen molar-refractivity contribution in [1.82, 2.24) is 4.98 Å². The van der Waals surface area contributed by atoms with Gasteiger partial charge >= 0.3 is 11.9 Å². The van der Waals surface area contributed by atoms with Crippen LogP contribution >= 0.6 is 0 Å². The van der Waals surface area contributed by atoms with Crippen LogP contribution in [0.3, 0.4) is 0 Å². The first-order valence-corrected chi connectivity index (χ1v) is 7.19.